The predicted octanol–water partition coefficient (Wildman–Crippen LogP) is 1.89. The largest absolute Gasteiger partial charge is 0.478 e. The summed E-state index contributed by atoms with van der Waals surface area (Å²) >= 11 is 0. The summed E-state index contributed by atoms with van der Waals surface area (Å²) in [5.74, 6) is -1.23. The molecule has 0 bridgehead atoms. The van der Waals surface area contributed by atoms with Gasteiger partial charge in [0.05, 0.1) is 22.3 Å². The van der Waals surface area contributed by atoms with E-state index in [4.69, 9.17) is 5.11 Å². The number of aromatic carboxylic acids is 1. The number of benzene rings is 1. The SMILES string of the molecule is Cc1ccccc1S(=O)(=O)Nc1cnccc1C(=O)O. The number of nitrogens with zero attached hydrogens (tertiary/aromatic N) is 1. The molecule has 0 aliphatic heterocycles. The molecule has 7 heteroatoms. The van der Waals surface area contributed by atoms with Crippen LogP contribution in [0.4, 0.5) is 5.69 Å². The summed E-state index contributed by atoms with van der Waals surface area (Å²) in [6.45, 7) is 1.66. The number of carbonyl (C=O) groups is 1. The number of hydrogen-bond donors (Lipinski definition) is 2. The molecule has 0 radical (unpaired) electrons. The maximum atomic E-state index is 12.3. The summed E-state index contributed by atoms with van der Waals surface area (Å²) in [4.78, 5) is 14.9. The van der Waals surface area contributed by atoms with Gasteiger partial charge in [-0.3, -0.25) is 9.71 Å². The van der Waals surface area contributed by atoms with E-state index in [1.54, 1.807) is 25.1 Å². The molecule has 0 aliphatic carbocycles. The smallest absolute Gasteiger partial charge is 0.337 e. The second-order valence-corrected chi connectivity index (χ2v) is 5.75. The minimum absolute atomic E-state index is 0.0664. The second kappa shape index (κ2) is 5.30. The van der Waals surface area contributed by atoms with Crippen molar-refractivity contribution < 1.29 is 18.3 Å². The zero-order valence-electron chi connectivity index (χ0n) is 10.6. The molecule has 2 aromatic rings. The molecule has 2 rings (SSSR count). The van der Waals surface area contributed by atoms with Crippen LogP contribution >= 0.6 is 0 Å². The lowest BCUT2D eigenvalue weighted by atomic mass is 10.2. The Morgan fingerprint density at radius 3 is 2.60 bits per heavy atom. The second-order valence-electron chi connectivity index (χ2n) is 4.10. The van der Waals surface area contributed by atoms with Crippen molar-refractivity contribution in [1.29, 1.82) is 0 Å². The van der Waals surface area contributed by atoms with E-state index in [2.05, 4.69) is 9.71 Å². The first-order chi connectivity index (χ1) is 9.42. The third kappa shape index (κ3) is 2.77. The number of nitrogens with one attached hydrogen (secondary N) is 1. The molecular weight excluding hydrogens is 280 g/mol. The monoisotopic (exact) mass is 292 g/mol. The van der Waals surface area contributed by atoms with Gasteiger partial charge in [0.2, 0.25) is 0 Å². The van der Waals surface area contributed by atoms with Crippen LogP contribution in [-0.2, 0) is 10.0 Å². The Labute approximate surface area is 116 Å². The van der Waals surface area contributed by atoms with E-state index in [-0.39, 0.29) is 16.1 Å². The molecule has 0 saturated carbocycles. The summed E-state index contributed by atoms with van der Waals surface area (Å²) in [5.41, 5.74) is 0.348. The Kier molecular flexibility index (Phi) is 3.71. The van der Waals surface area contributed by atoms with E-state index >= 15 is 0 Å². The molecule has 104 valence electrons. The Balaban J connectivity index is 2.45. The summed E-state index contributed by atoms with van der Waals surface area (Å²) < 4.78 is 26.8. The quantitative estimate of drug-likeness (QED) is 0.897. The van der Waals surface area contributed by atoms with Gasteiger partial charge in [0, 0.05) is 6.20 Å². The molecular formula is C13H12N2O4S. The molecule has 2 N–H and O–H groups in total. The highest BCUT2D eigenvalue weighted by Crippen LogP contribution is 2.21. The average molecular weight is 292 g/mol. The summed E-state index contributed by atoms with van der Waals surface area (Å²) in [7, 11) is -3.85. The van der Waals surface area contributed by atoms with Crippen LogP contribution in [0.3, 0.4) is 0 Å². The minimum atomic E-state index is -3.85. The molecule has 0 unspecified atom stereocenters. The molecule has 1 heterocycles. The fourth-order valence-electron chi connectivity index (χ4n) is 1.72. The van der Waals surface area contributed by atoms with Crippen molar-refractivity contribution in [1.82, 2.24) is 4.98 Å². The van der Waals surface area contributed by atoms with Gasteiger partial charge < -0.3 is 5.11 Å². The highest BCUT2D eigenvalue weighted by atomic mass is 32.2. The van der Waals surface area contributed by atoms with E-state index < -0.39 is 16.0 Å². The molecule has 1 aromatic carbocycles. The van der Waals surface area contributed by atoms with Gasteiger partial charge in [0.25, 0.3) is 10.0 Å². The highest BCUT2D eigenvalue weighted by molar-refractivity contribution is 7.92. The number of aryl methyl sites for hydroxylation is 1. The molecule has 1 aromatic heterocycles. The Bertz CT molecular complexity index is 756. The van der Waals surface area contributed by atoms with Crippen LogP contribution < -0.4 is 4.72 Å². The van der Waals surface area contributed by atoms with Crippen molar-refractivity contribution in [3.05, 3.63) is 53.9 Å². The summed E-state index contributed by atoms with van der Waals surface area (Å²) in [6.07, 6.45) is 2.45. The van der Waals surface area contributed by atoms with E-state index in [1.165, 1.54) is 24.5 Å². The van der Waals surface area contributed by atoms with Crippen LogP contribution in [0.5, 0.6) is 0 Å². The topological polar surface area (TPSA) is 96.4 Å². The predicted molar refractivity (Wildman–Crippen MR) is 73.2 cm³/mol. The number of sulfonamides is 1. The third-order valence-corrected chi connectivity index (χ3v) is 4.20. The highest BCUT2D eigenvalue weighted by Gasteiger charge is 2.19. The third-order valence-electron chi connectivity index (χ3n) is 2.68. The van der Waals surface area contributed by atoms with Crippen molar-refractivity contribution in [2.75, 3.05) is 4.72 Å². The van der Waals surface area contributed by atoms with Crippen molar-refractivity contribution in [3.8, 4) is 0 Å². The zero-order chi connectivity index (χ0) is 14.8. The van der Waals surface area contributed by atoms with Crippen LogP contribution in [0.1, 0.15) is 15.9 Å². The number of pyridine rings is 1. The first-order valence-electron chi connectivity index (χ1n) is 5.67. The number of carboxylic acids is 1. The molecule has 0 saturated heterocycles. The molecule has 20 heavy (non-hydrogen) atoms. The van der Waals surface area contributed by atoms with E-state index in [0.29, 0.717) is 5.56 Å². The lowest BCUT2D eigenvalue weighted by Gasteiger charge is -2.11. The molecule has 0 fully saturated rings. The lowest BCUT2D eigenvalue weighted by molar-refractivity contribution is 0.0698. The van der Waals surface area contributed by atoms with Crippen LogP contribution in [0, 0.1) is 6.92 Å². The number of aromatic nitrogens is 1. The number of rotatable bonds is 4. The standard InChI is InChI=1S/C13H12N2O4S/c1-9-4-2-3-5-12(9)20(18,19)15-11-8-14-7-6-10(11)13(16)17/h2-8,15H,1H3,(H,16,17). The van der Waals surface area contributed by atoms with Gasteiger partial charge in [0.1, 0.15) is 0 Å². The minimum Gasteiger partial charge on any atom is -0.478 e. The van der Waals surface area contributed by atoms with Crippen LogP contribution in [-0.4, -0.2) is 24.5 Å². The summed E-state index contributed by atoms with van der Waals surface area (Å²) in [6, 6.07) is 7.67. The van der Waals surface area contributed by atoms with Gasteiger partial charge >= 0.3 is 5.97 Å². The Morgan fingerprint density at radius 2 is 1.95 bits per heavy atom. The van der Waals surface area contributed by atoms with Gasteiger partial charge in [0.15, 0.2) is 0 Å². The van der Waals surface area contributed by atoms with Gasteiger partial charge in [-0.25, -0.2) is 13.2 Å². The molecule has 0 atom stereocenters. The maximum absolute atomic E-state index is 12.3. The number of hydrogen-bond acceptors (Lipinski definition) is 4. The van der Waals surface area contributed by atoms with Crippen LogP contribution in [0.25, 0.3) is 0 Å². The number of carboxylic acid groups (broad SMARTS) is 1. The van der Waals surface area contributed by atoms with Crippen molar-refractivity contribution in [2.24, 2.45) is 0 Å². The van der Waals surface area contributed by atoms with E-state index in [0.717, 1.165) is 0 Å². The maximum Gasteiger partial charge on any atom is 0.337 e. The first-order valence-corrected chi connectivity index (χ1v) is 7.16. The van der Waals surface area contributed by atoms with Gasteiger partial charge in [-0.1, -0.05) is 18.2 Å². The van der Waals surface area contributed by atoms with E-state index in [9.17, 15) is 13.2 Å². The molecule has 6 nitrogen and oxygen atoms in total. The molecule has 0 aliphatic rings. The Morgan fingerprint density at radius 1 is 1.25 bits per heavy atom. The molecule has 0 spiro atoms. The summed E-state index contributed by atoms with van der Waals surface area (Å²) in [5, 5.41) is 9.03. The first kappa shape index (κ1) is 14.0. The van der Waals surface area contributed by atoms with Gasteiger partial charge in [-0.2, -0.15) is 0 Å². The van der Waals surface area contributed by atoms with Crippen LogP contribution in [0.2, 0.25) is 0 Å². The van der Waals surface area contributed by atoms with Gasteiger partial charge in [-0.15, -0.1) is 0 Å². The average Bonchev–Trinajstić information content (AvgIpc) is 2.39. The molecule has 0 amide bonds. The number of anilines is 1. The van der Waals surface area contributed by atoms with Crippen molar-refractivity contribution >= 4 is 21.7 Å². The van der Waals surface area contributed by atoms with E-state index in [1.807, 2.05) is 0 Å². The fraction of sp³-hybridized carbons (Fsp3) is 0.0769. The van der Waals surface area contributed by atoms with Crippen molar-refractivity contribution in [2.45, 2.75) is 11.8 Å². The van der Waals surface area contributed by atoms with Crippen LogP contribution in [0.15, 0.2) is 47.6 Å². The van der Waals surface area contributed by atoms with Crippen molar-refractivity contribution in [3.63, 3.8) is 0 Å². The zero-order valence-corrected chi connectivity index (χ0v) is 11.4. The van der Waals surface area contributed by atoms with Gasteiger partial charge in [-0.05, 0) is 24.6 Å². The lowest BCUT2D eigenvalue weighted by Crippen LogP contribution is -2.16. The normalized spacial score (nSPS) is 11.1. The Hall–Kier alpha value is -2.41. The fourth-order valence-corrected chi connectivity index (χ4v) is 3.03.